The van der Waals surface area contributed by atoms with Crippen LogP contribution in [0.1, 0.15) is 5.69 Å². The van der Waals surface area contributed by atoms with E-state index in [0.29, 0.717) is 10.9 Å². The maximum atomic E-state index is 13.2. The van der Waals surface area contributed by atoms with Crippen LogP contribution in [0.2, 0.25) is 0 Å². The van der Waals surface area contributed by atoms with Gasteiger partial charge in [0.25, 0.3) is 0 Å². The van der Waals surface area contributed by atoms with Crippen LogP contribution in [-0.2, 0) is 6.18 Å². The van der Waals surface area contributed by atoms with E-state index in [4.69, 9.17) is 0 Å². The van der Waals surface area contributed by atoms with Crippen molar-refractivity contribution < 1.29 is 13.2 Å². The van der Waals surface area contributed by atoms with Gasteiger partial charge in [0, 0.05) is 16.3 Å². The summed E-state index contributed by atoms with van der Waals surface area (Å²) in [7, 11) is 0. The first kappa shape index (κ1) is 13.8. The number of pyridine rings is 1. The van der Waals surface area contributed by atoms with Crippen LogP contribution in [0.25, 0.3) is 33.1 Å². The van der Waals surface area contributed by atoms with E-state index in [9.17, 15) is 13.2 Å². The van der Waals surface area contributed by atoms with E-state index < -0.39 is 11.9 Å². The van der Waals surface area contributed by atoms with Gasteiger partial charge >= 0.3 is 6.18 Å². The Hall–Kier alpha value is -2.82. The lowest BCUT2D eigenvalue weighted by Gasteiger charge is -2.10. The molecule has 23 heavy (non-hydrogen) atoms. The number of hydrogen-bond acceptors (Lipinski definition) is 1. The molecule has 0 aliphatic rings. The third-order valence-corrected chi connectivity index (χ3v) is 3.84. The quantitative estimate of drug-likeness (QED) is 0.501. The Morgan fingerprint density at radius 2 is 1.57 bits per heavy atom. The molecule has 114 valence electrons. The number of benzene rings is 2. The number of halogens is 3. The summed E-state index contributed by atoms with van der Waals surface area (Å²) >= 11 is 0. The average Bonchev–Trinajstić information content (AvgIpc) is 2.92. The Balaban J connectivity index is 2.16. The van der Waals surface area contributed by atoms with E-state index in [0.717, 1.165) is 22.5 Å². The van der Waals surface area contributed by atoms with Gasteiger partial charge in [0.2, 0.25) is 0 Å². The van der Waals surface area contributed by atoms with Crippen molar-refractivity contribution in [1.29, 1.82) is 0 Å². The molecule has 0 fully saturated rings. The molecular weight excluding hydrogens is 301 g/mol. The number of nitrogens with zero attached hydrogens (tertiary/aromatic N) is 1. The van der Waals surface area contributed by atoms with Gasteiger partial charge in [-0.15, -0.1) is 0 Å². The molecule has 0 saturated heterocycles. The predicted molar refractivity (Wildman–Crippen MR) is 84.0 cm³/mol. The van der Waals surface area contributed by atoms with Gasteiger partial charge < -0.3 is 4.98 Å². The number of rotatable bonds is 1. The zero-order valence-corrected chi connectivity index (χ0v) is 11.9. The molecule has 0 unspecified atom stereocenters. The van der Waals surface area contributed by atoms with Crippen molar-refractivity contribution in [3.8, 4) is 11.1 Å². The highest BCUT2D eigenvalue weighted by molar-refractivity contribution is 6.13. The largest absolute Gasteiger partial charge is 0.433 e. The van der Waals surface area contributed by atoms with Gasteiger partial charge in [0.05, 0.1) is 0 Å². The monoisotopic (exact) mass is 312 g/mol. The summed E-state index contributed by atoms with van der Waals surface area (Å²) in [4.78, 5) is 6.78. The minimum Gasteiger partial charge on any atom is -0.339 e. The topological polar surface area (TPSA) is 28.7 Å². The highest BCUT2D eigenvalue weighted by Gasteiger charge is 2.34. The van der Waals surface area contributed by atoms with Crippen molar-refractivity contribution in [3.05, 3.63) is 66.4 Å². The molecular formula is C18H11F3N2. The fourth-order valence-corrected chi connectivity index (χ4v) is 2.84. The first-order valence-electron chi connectivity index (χ1n) is 7.08. The molecule has 2 aromatic heterocycles. The summed E-state index contributed by atoms with van der Waals surface area (Å²) in [6, 6.07) is 17.6. The number of aromatic nitrogens is 2. The molecule has 0 aliphatic carbocycles. The van der Waals surface area contributed by atoms with Gasteiger partial charge in [-0.05, 0) is 23.3 Å². The van der Waals surface area contributed by atoms with Crippen LogP contribution in [0.15, 0.2) is 60.7 Å². The second-order valence-electron chi connectivity index (χ2n) is 5.31. The first-order chi connectivity index (χ1) is 11.0. The van der Waals surface area contributed by atoms with Crippen LogP contribution in [0.4, 0.5) is 13.2 Å². The number of H-pyrrole nitrogens is 1. The highest BCUT2D eigenvalue weighted by Crippen LogP contribution is 2.38. The lowest BCUT2D eigenvalue weighted by molar-refractivity contribution is -0.140. The van der Waals surface area contributed by atoms with E-state index in [1.807, 2.05) is 42.5 Å². The van der Waals surface area contributed by atoms with Crippen LogP contribution < -0.4 is 0 Å². The maximum absolute atomic E-state index is 13.2. The molecule has 4 rings (SSSR count). The molecule has 0 bridgehead atoms. The summed E-state index contributed by atoms with van der Waals surface area (Å²) in [6.45, 7) is 0. The predicted octanol–water partition coefficient (Wildman–Crippen LogP) is 5.40. The Kier molecular flexibility index (Phi) is 2.91. The van der Waals surface area contributed by atoms with Crippen LogP contribution in [0.5, 0.6) is 0 Å². The molecule has 0 amide bonds. The second kappa shape index (κ2) is 4.84. The van der Waals surface area contributed by atoms with Crippen molar-refractivity contribution in [2.24, 2.45) is 0 Å². The molecule has 0 aliphatic heterocycles. The zero-order chi connectivity index (χ0) is 16.0. The number of aromatic amines is 1. The van der Waals surface area contributed by atoms with Crippen molar-refractivity contribution >= 4 is 21.9 Å². The van der Waals surface area contributed by atoms with E-state index in [1.165, 1.54) is 0 Å². The van der Waals surface area contributed by atoms with Gasteiger partial charge in [-0.3, -0.25) is 0 Å². The van der Waals surface area contributed by atoms with Gasteiger partial charge in [-0.2, -0.15) is 13.2 Å². The molecule has 2 aromatic carbocycles. The number of fused-ring (bicyclic) bond motifs is 3. The van der Waals surface area contributed by atoms with Gasteiger partial charge in [-0.1, -0.05) is 48.5 Å². The van der Waals surface area contributed by atoms with Crippen molar-refractivity contribution in [3.63, 3.8) is 0 Å². The van der Waals surface area contributed by atoms with Crippen molar-refractivity contribution in [2.45, 2.75) is 6.18 Å². The highest BCUT2D eigenvalue weighted by atomic mass is 19.4. The standard InChI is InChI=1S/C18H11F3N2/c19-18(20,21)15-10-13(11-6-2-1-3-7-11)16-12-8-4-5-9-14(12)22-17(16)23-15/h1-10H,(H,22,23). The third-order valence-electron chi connectivity index (χ3n) is 3.84. The fraction of sp³-hybridized carbons (Fsp3) is 0.0556. The molecule has 0 atom stereocenters. The van der Waals surface area contributed by atoms with Crippen LogP contribution in [0.3, 0.4) is 0 Å². The number of para-hydroxylation sites is 1. The average molecular weight is 312 g/mol. The van der Waals surface area contributed by atoms with E-state index >= 15 is 0 Å². The normalized spacial score (nSPS) is 12.1. The van der Waals surface area contributed by atoms with Crippen LogP contribution >= 0.6 is 0 Å². The van der Waals surface area contributed by atoms with Crippen LogP contribution in [-0.4, -0.2) is 9.97 Å². The summed E-state index contributed by atoms with van der Waals surface area (Å²) in [6.07, 6.45) is -4.49. The van der Waals surface area contributed by atoms with E-state index in [1.54, 1.807) is 12.1 Å². The molecule has 4 aromatic rings. The lowest BCUT2D eigenvalue weighted by atomic mass is 10.0. The fourth-order valence-electron chi connectivity index (χ4n) is 2.84. The summed E-state index contributed by atoms with van der Waals surface area (Å²) < 4.78 is 39.6. The minimum absolute atomic E-state index is 0.250. The Bertz CT molecular complexity index is 1000. The Morgan fingerprint density at radius 1 is 0.870 bits per heavy atom. The van der Waals surface area contributed by atoms with Crippen molar-refractivity contribution in [2.75, 3.05) is 0 Å². The molecule has 0 saturated carbocycles. The van der Waals surface area contributed by atoms with Gasteiger partial charge in [0.1, 0.15) is 11.3 Å². The molecule has 0 spiro atoms. The van der Waals surface area contributed by atoms with E-state index in [-0.39, 0.29) is 5.65 Å². The van der Waals surface area contributed by atoms with Gasteiger partial charge in [0.15, 0.2) is 0 Å². The molecule has 2 heterocycles. The smallest absolute Gasteiger partial charge is 0.339 e. The summed E-state index contributed by atoms with van der Waals surface area (Å²) in [5, 5.41) is 1.57. The van der Waals surface area contributed by atoms with Gasteiger partial charge in [-0.25, -0.2) is 4.98 Å². The number of alkyl halides is 3. The SMILES string of the molecule is FC(F)(F)c1cc(-c2ccccc2)c2c(n1)[nH]c1ccccc12. The number of hydrogen-bond donors (Lipinski definition) is 1. The lowest BCUT2D eigenvalue weighted by Crippen LogP contribution is -2.08. The first-order valence-corrected chi connectivity index (χ1v) is 7.08. The molecule has 5 heteroatoms. The molecule has 0 radical (unpaired) electrons. The van der Waals surface area contributed by atoms with Crippen LogP contribution in [0, 0.1) is 0 Å². The zero-order valence-electron chi connectivity index (χ0n) is 11.9. The summed E-state index contributed by atoms with van der Waals surface area (Å²) in [5.41, 5.74) is 1.39. The minimum atomic E-state index is -4.49. The Labute approximate surface area is 129 Å². The third kappa shape index (κ3) is 2.25. The van der Waals surface area contributed by atoms with E-state index in [2.05, 4.69) is 9.97 Å². The molecule has 1 N–H and O–H groups in total. The second-order valence-corrected chi connectivity index (χ2v) is 5.31. The summed E-state index contributed by atoms with van der Waals surface area (Å²) in [5.74, 6) is 0. The molecule has 2 nitrogen and oxygen atoms in total. The number of nitrogens with one attached hydrogen (secondary N) is 1. The Morgan fingerprint density at radius 3 is 2.30 bits per heavy atom. The van der Waals surface area contributed by atoms with Crippen molar-refractivity contribution in [1.82, 2.24) is 9.97 Å². The maximum Gasteiger partial charge on any atom is 0.433 e.